The van der Waals surface area contributed by atoms with Crippen molar-refractivity contribution in [3.63, 3.8) is 0 Å². The minimum atomic E-state index is -0.411. The summed E-state index contributed by atoms with van der Waals surface area (Å²) >= 11 is 6.20. The standard InChI is InChI=1S/C21H27ClN2O2/c1-5-6-7-8-12-24-15(3)13-18(25)19(16(24)4)21(26)23-20-14(2)10-9-11-17(20)22/h9-11,13H,5-8,12H2,1-4H3,(H,23,26). The van der Waals surface area contributed by atoms with Gasteiger partial charge in [0.1, 0.15) is 5.56 Å². The van der Waals surface area contributed by atoms with Gasteiger partial charge >= 0.3 is 0 Å². The fourth-order valence-electron chi connectivity index (χ4n) is 3.20. The van der Waals surface area contributed by atoms with Crippen molar-refractivity contribution >= 4 is 23.2 Å². The van der Waals surface area contributed by atoms with Gasteiger partial charge in [-0.25, -0.2) is 0 Å². The van der Waals surface area contributed by atoms with E-state index in [2.05, 4.69) is 16.8 Å². The fraction of sp³-hybridized carbons (Fsp3) is 0.429. The molecule has 1 aromatic carbocycles. The van der Waals surface area contributed by atoms with Gasteiger partial charge in [-0.2, -0.15) is 0 Å². The van der Waals surface area contributed by atoms with Crippen LogP contribution >= 0.6 is 11.6 Å². The Balaban J connectivity index is 2.33. The van der Waals surface area contributed by atoms with Crippen LogP contribution in [0.25, 0.3) is 0 Å². The summed E-state index contributed by atoms with van der Waals surface area (Å²) in [6.45, 7) is 8.60. The van der Waals surface area contributed by atoms with E-state index in [0.717, 1.165) is 30.6 Å². The molecular formula is C21H27ClN2O2. The summed E-state index contributed by atoms with van der Waals surface area (Å²) in [7, 11) is 0. The van der Waals surface area contributed by atoms with Crippen LogP contribution in [-0.2, 0) is 6.54 Å². The van der Waals surface area contributed by atoms with Crippen molar-refractivity contribution in [3.05, 3.63) is 62.0 Å². The minimum absolute atomic E-state index is 0.186. The molecule has 0 radical (unpaired) electrons. The van der Waals surface area contributed by atoms with Gasteiger partial charge < -0.3 is 9.88 Å². The first-order chi connectivity index (χ1) is 12.4. The van der Waals surface area contributed by atoms with E-state index in [-0.39, 0.29) is 11.0 Å². The van der Waals surface area contributed by atoms with Crippen LogP contribution in [0.4, 0.5) is 5.69 Å². The Bertz CT molecular complexity index is 836. The van der Waals surface area contributed by atoms with Gasteiger partial charge in [0.2, 0.25) is 0 Å². The number of rotatable bonds is 7. The highest BCUT2D eigenvalue weighted by Crippen LogP contribution is 2.26. The zero-order valence-electron chi connectivity index (χ0n) is 16.0. The zero-order valence-corrected chi connectivity index (χ0v) is 16.7. The number of amides is 1. The average Bonchev–Trinajstić information content (AvgIpc) is 2.57. The molecule has 5 heteroatoms. The molecule has 0 bridgehead atoms. The Labute approximate surface area is 160 Å². The number of aromatic nitrogens is 1. The summed E-state index contributed by atoms with van der Waals surface area (Å²) in [5.74, 6) is -0.411. The molecule has 0 saturated carbocycles. The zero-order chi connectivity index (χ0) is 19.3. The molecule has 0 spiro atoms. The van der Waals surface area contributed by atoms with Gasteiger partial charge in [-0.1, -0.05) is 49.9 Å². The Morgan fingerprint density at radius 1 is 1.15 bits per heavy atom. The van der Waals surface area contributed by atoms with Crippen LogP contribution in [0, 0.1) is 20.8 Å². The first-order valence-corrected chi connectivity index (χ1v) is 9.52. The number of carbonyl (C=O) groups excluding carboxylic acids is 1. The summed E-state index contributed by atoms with van der Waals surface area (Å²) < 4.78 is 2.06. The predicted octanol–water partition coefficient (Wildman–Crippen LogP) is 5.26. The first kappa shape index (κ1) is 20.2. The molecule has 2 aromatic rings. The summed E-state index contributed by atoms with van der Waals surface area (Å²) in [6, 6.07) is 6.96. The Morgan fingerprint density at radius 2 is 1.88 bits per heavy atom. The Morgan fingerprint density at radius 3 is 2.54 bits per heavy atom. The number of hydrogen-bond donors (Lipinski definition) is 1. The molecule has 140 valence electrons. The Kier molecular flexibility index (Phi) is 7.04. The van der Waals surface area contributed by atoms with Crippen molar-refractivity contribution in [2.45, 2.75) is 59.9 Å². The summed E-state index contributed by atoms with van der Waals surface area (Å²) in [5.41, 5.74) is 2.92. The van der Waals surface area contributed by atoms with Crippen LogP contribution in [0.3, 0.4) is 0 Å². The number of nitrogens with one attached hydrogen (secondary N) is 1. The molecular weight excluding hydrogens is 348 g/mol. The van der Waals surface area contributed by atoms with Crippen LogP contribution in [-0.4, -0.2) is 10.5 Å². The van der Waals surface area contributed by atoms with Crippen molar-refractivity contribution in [1.29, 1.82) is 0 Å². The number of hydrogen-bond acceptors (Lipinski definition) is 2. The monoisotopic (exact) mass is 374 g/mol. The quantitative estimate of drug-likeness (QED) is 0.672. The molecule has 0 atom stereocenters. The molecule has 1 amide bonds. The normalized spacial score (nSPS) is 10.8. The van der Waals surface area contributed by atoms with Gasteiger partial charge in [0.05, 0.1) is 10.7 Å². The van der Waals surface area contributed by atoms with Crippen molar-refractivity contribution in [2.24, 2.45) is 0 Å². The second-order valence-corrected chi connectivity index (χ2v) is 7.12. The molecule has 4 nitrogen and oxygen atoms in total. The molecule has 0 unspecified atom stereocenters. The smallest absolute Gasteiger partial charge is 0.261 e. The number of carbonyl (C=O) groups is 1. The van der Waals surface area contributed by atoms with Crippen molar-refractivity contribution in [2.75, 3.05) is 5.32 Å². The SMILES string of the molecule is CCCCCCn1c(C)cc(=O)c(C(=O)Nc2c(C)cccc2Cl)c1C. The highest BCUT2D eigenvalue weighted by atomic mass is 35.5. The van der Waals surface area contributed by atoms with Crippen LogP contribution in [0.2, 0.25) is 5.02 Å². The van der Waals surface area contributed by atoms with Crippen LogP contribution in [0.1, 0.15) is 59.9 Å². The topological polar surface area (TPSA) is 51.1 Å². The molecule has 0 fully saturated rings. The maximum atomic E-state index is 12.8. The lowest BCUT2D eigenvalue weighted by Gasteiger charge is -2.18. The maximum absolute atomic E-state index is 12.8. The first-order valence-electron chi connectivity index (χ1n) is 9.14. The van der Waals surface area contributed by atoms with Gasteiger partial charge in [-0.15, -0.1) is 0 Å². The average molecular weight is 375 g/mol. The van der Waals surface area contributed by atoms with E-state index >= 15 is 0 Å². The number of pyridine rings is 1. The number of unbranched alkanes of at least 4 members (excludes halogenated alkanes) is 3. The highest BCUT2D eigenvalue weighted by Gasteiger charge is 2.19. The van der Waals surface area contributed by atoms with Gasteiger partial charge in [-0.3, -0.25) is 9.59 Å². The second-order valence-electron chi connectivity index (χ2n) is 6.71. The van der Waals surface area contributed by atoms with Gasteiger partial charge in [0.25, 0.3) is 5.91 Å². The predicted molar refractivity (Wildman–Crippen MR) is 108 cm³/mol. The lowest BCUT2D eigenvalue weighted by molar-refractivity contribution is 0.102. The van der Waals surface area contributed by atoms with Crippen molar-refractivity contribution in [1.82, 2.24) is 4.57 Å². The van der Waals surface area contributed by atoms with Gasteiger partial charge in [-0.05, 0) is 38.8 Å². The molecule has 1 N–H and O–H groups in total. The van der Waals surface area contributed by atoms with Crippen LogP contribution in [0.5, 0.6) is 0 Å². The number of nitrogens with zero attached hydrogens (tertiary/aromatic N) is 1. The number of para-hydroxylation sites is 1. The summed E-state index contributed by atoms with van der Waals surface area (Å²) in [5, 5.41) is 3.28. The largest absolute Gasteiger partial charge is 0.348 e. The minimum Gasteiger partial charge on any atom is -0.348 e. The van der Waals surface area contributed by atoms with E-state index in [1.54, 1.807) is 12.1 Å². The fourth-order valence-corrected chi connectivity index (χ4v) is 3.47. The van der Waals surface area contributed by atoms with Crippen LogP contribution in [0.15, 0.2) is 29.1 Å². The molecule has 0 aliphatic heterocycles. The molecule has 0 aliphatic rings. The molecule has 26 heavy (non-hydrogen) atoms. The third-order valence-corrected chi connectivity index (χ3v) is 5.02. The van der Waals surface area contributed by atoms with E-state index in [1.807, 2.05) is 32.9 Å². The number of halogens is 1. The molecule has 2 rings (SSSR count). The lowest BCUT2D eigenvalue weighted by atomic mass is 10.1. The van der Waals surface area contributed by atoms with Crippen molar-refractivity contribution < 1.29 is 4.79 Å². The second kappa shape index (κ2) is 9.04. The maximum Gasteiger partial charge on any atom is 0.261 e. The number of benzene rings is 1. The molecule has 1 aromatic heterocycles. The van der Waals surface area contributed by atoms with E-state index < -0.39 is 5.91 Å². The molecule has 0 saturated heterocycles. The van der Waals surface area contributed by atoms with E-state index in [4.69, 9.17) is 11.6 Å². The van der Waals surface area contributed by atoms with E-state index in [0.29, 0.717) is 16.4 Å². The summed E-state index contributed by atoms with van der Waals surface area (Å²) in [6.07, 6.45) is 4.54. The highest BCUT2D eigenvalue weighted by molar-refractivity contribution is 6.34. The third kappa shape index (κ3) is 4.55. The van der Waals surface area contributed by atoms with Gasteiger partial charge in [0.15, 0.2) is 5.43 Å². The number of aryl methyl sites for hydroxylation is 2. The lowest BCUT2D eigenvalue weighted by Crippen LogP contribution is -2.27. The molecule has 1 heterocycles. The molecule has 0 aliphatic carbocycles. The third-order valence-electron chi connectivity index (χ3n) is 4.70. The van der Waals surface area contributed by atoms with Crippen molar-refractivity contribution in [3.8, 4) is 0 Å². The van der Waals surface area contributed by atoms with Gasteiger partial charge in [0, 0.05) is 24.0 Å². The Hall–Kier alpha value is -2.07. The van der Waals surface area contributed by atoms with Crippen LogP contribution < -0.4 is 10.7 Å². The number of anilines is 1. The summed E-state index contributed by atoms with van der Waals surface area (Å²) in [4.78, 5) is 25.3. The van der Waals surface area contributed by atoms with E-state index in [9.17, 15) is 9.59 Å². The van der Waals surface area contributed by atoms with E-state index in [1.165, 1.54) is 12.8 Å².